The second-order valence-electron chi connectivity index (χ2n) is 6.66. The molecule has 0 aliphatic heterocycles. The van der Waals surface area contributed by atoms with Gasteiger partial charge >= 0.3 is 0 Å². The zero-order valence-electron chi connectivity index (χ0n) is 17.1. The molecule has 0 aliphatic rings. The maximum Gasteiger partial charge on any atom is 0.271 e. The predicted octanol–water partition coefficient (Wildman–Crippen LogP) is 5.35. The van der Waals surface area contributed by atoms with Crippen LogP contribution in [0.1, 0.15) is 6.92 Å². The fourth-order valence-corrected chi connectivity index (χ4v) is 4.05. The number of hydrogen-bond donors (Lipinski definition) is 0. The Kier molecular flexibility index (Phi) is 6.27. The van der Waals surface area contributed by atoms with Crippen molar-refractivity contribution in [1.29, 1.82) is 0 Å². The summed E-state index contributed by atoms with van der Waals surface area (Å²) >= 11 is 1.40. The average Bonchev–Trinajstić information content (AvgIpc) is 3.23. The lowest BCUT2D eigenvalue weighted by molar-refractivity contribution is -0.384. The summed E-state index contributed by atoms with van der Waals surface area (Å²) in [6, 6.07) is 20.4. The van der Waals surface area contributed by atoms with Crippen molar-refractivity contribution in [3.05, 3.63) is 82.9 Å². The van der Waals surface area contributed by atoms with Gasteiger partial charge in [0.1, 0.15) is 11.5 Å². The second-order valence-corrected chi connectivity index (χ2v) is 7.67. The van der Waals surface area contributed by atoms with E-state index in [9.17, 15) is 14.9 Å². The zero-order chi connectivity index (χ0) is 22.5. The van der Waals surface area contributed by atoms with Crippen molar-refractivity contribution in [2.75, 3.05) is 18.1 Å². The van der Waals surface area contributed by atoms with Gasteiger partial charge in [-0.2, -0.15) is 0 Å². The minimum atomic E-state index is -0.490. The Bertz CT molecular complexity index is 1210. The summed E-state index contributed by atoms with van der Waals surface area (Å²) in [4.78, 5) is 29.7. The summed E-state index contributed by atoms with van der Waals surface area (Å²) < 4.78 is 12.1. The third-order valence-electron chi connectivity index (χ3n) is 4.54. The van der Waals surface area contributed by atoms with Gasteiger partial charge in [-0.1, -0.05) is 23.5 Å². The lowest BCUT2D eigenvalue weighted by Gasteiger charge is -2.20. The molecule has 0 N–H and O–H groups in total. The van der Waals surface area contributed by atoms with Crippen molar-refractivity contribution < 1.29 is 19.2 Å². The first-order valence-corrected chi connectivity index (χ1v) is 10.7. The number of nitrogens with zero attached hydrogens (tertiary/aromatic N) is 3. The summed E-state index contributed by atoms with van der Waals surface area (Å²) in [5.74, 6) is 0.738. The SMILES string of the molecule is CCOc1ccc(N(C(=O)COc2ccc([N+](=O)[O-])cc2)c2nc3ccccc3s2)cc1. The molecule has 0 aliphatic carbocycles. The molecule has 0 saturated carbocycles. The Hall–Kier alpha value is -3.98. The Balaban J connectivity index is 1.60. The van der Waals surface area contributed by atoms with Crippen molar-refractivity contribution in [2.45, 2.75) is 6.92 Å². The number of nitro groups is 1. The fraction of sp³-hybridized carbons (Fsp3) is 0.130. The summed E-state index contributed by atoms with van der Waals surface area (Å²) in [5.41, 5.74) is 1.38. The van der Waals surface area contributed by atoms with E-state index in [-0.39, 0.29) is 18.2 Å². The minimum absolute atomic E-state index is 0.0471. The van der Waals surface area contributed by atoms with Crippen LogP contribution < -0.4 is 14.4 Å². The first-order chi connectivity index (χ1) is 15.5. The molecule has 32 heavy (non-hydrogen) atoms. The smallest absolute Gasteiger partial charge is 0.271 e. The summed E-state index contributed by atoms with van der Waals surface area (Å²) in [5, 5.41) is 11.3. The normalized spacial score (nSPS) is 10.7. The quantitative estimate of drug-likeness (QED) is 0.266. The molecule has 0 fully saturated rings. The second kappa shape index (κ2) is 9.44. The number of thiazole rings is 1. The number of non-ortho nitro benzene ring substituents is 1. The Labute approximate surface area is 187 Å². The molecule has 0 bridgehead atoms. The van der Waals surface area contributed by atoms with Crippen molar-refractivity contribution in [1.82, 2.24) is 4.98 Å². The van der Waals surface area contributed by atoms with Gasteiger partial charge in [-0.05, 0) is 55.5 Å². The highest BCUT2D eigenvalue weighted by Crippen LogP contribution is 2.34. The number of fused-ring (bicyclic) bond motifs is 1. The summed E-state index contributed by atoms with van der Waals surface area (Å²) in [7, 11) is 0. The molecule has 4 rings (SSSR count). The monoisotopic (exact) mass is 449 g/mol. The number of benzene rings is 3. The molecule has 0 atom stereocenters. The van der Waals surface area contributed by atoms with Crippen molar-refractivity contribution in [3.8, 4) is 11.5 Å². The van der Waals surface area contributed by atoms with Crippen LogP contribution in [-0.4, -0.2) is 29.0 Å². The molecule has 0 radical (unpaired) electrons. The minimum Gasteiger partial charge on any atom is -0.494 e. The maximum atomic E-state index is 13.2. The molecule has 1 heterocycles. The first-order valence-electron chi connectivity index (χ1n) is 9.84. The van der Waals surface area contributed by atoms with Crippen molar-refractivity contribution >= 4 is 44.0 Å². The van der Waals surface area contributed by atoms with Crippen LogP contribution in [-0.2, 0) is 4.79 Å². The summed E-state index contributed by atoms with van der Waals surface area (Å²) in [6.45, 7) is 2.18. The molecular formula is C23H19N3O5S. The van der Waals surface area contributed by atoms with Gasteiger partial charge in [0.15, 0.2) is 11.7 Å². The lowest BCUT2D eigenvalue weighted by Crippen LogP contribution is -2.30. The number of nitro benzene ring substituents is 1. The molecular weight excluding hydrogens is 430 g/mol. The number of carbonyl (C=O) groups is 1. The van der Waals surface area contributed by atoms with Gasteiger partial charge in [0.05, 0.1) is 27.4 Å². The van der Waals surface area contributed by atoms with Crippen molar-refractivity contribution in [2.24, 2.45) is 0 Å². The molecule has 8 nitrogen and oxygen atoms in total. The number of para-hydroxylation sites is 1. The van der Waals surface area contributed by atoms with Crippen LogP contribution in [0.5, 0.6) is 11.5 Å². The van der Waals surface area contributed by atoms with Gasteiger partial charge in [0.2, 0.25) is 0 Å². The molecule has 9 heteroatoms. The Morgan fingerprint density at radius 3 is 2.31 bits per heavy atom. The number of ether oxygens (including phenoxy) is 2. The van der Waals surface area contributed by atoms with E-state index in [4.69, 9.17) is 9.47 Å². The first kappa shape index (κ1) is 21.3. The zero-order valence-corrected chi connectivity index (χ0v) is 18.0. The number of rotatable bonds is 8. The van der Waals surface area contributed by atoms with Crippen LogP contribution in [0.2, 0.25) is 0 Å². The Morgan fingerprint density at radius 1 is 1.00 bits per heavy atom. The lowest BCUT2D eigenvalue weighted by atomic mass is 10.2. The third-order valence-corrected chi connectivity index (χ3v) is 5.56. The van der Waals surface area contributed by atoms with Crippen LogP contribution in [0, 0.1) is 10.1 Å². The van der Waals surface area contributed by atoms with E-state index in [0.29, 0.717) is 28.9 Å². The van der Waals surface area contributed by atoms with Crippen LogP contribution in [0.3, 0.4) is 0 Å². The highest BCUT2D eigenvalue weighted by atomic mass is 32.1. The van der Waals surface area contributed by atoms with Gasteiger partial charge in [-0.3, -0.25) is 19.8 Å². The van der Waals surface area contributed by atoms with Crippen LogP contribution in [0.15, 0.2) is 72.8 Å². The molecule has 162 valence electrons. The van der Waals surface area contributed by atoms with Crippen LogP contribution in [0.4, 0.5) is 16.5 Å². The topological polar surface area (TPSA) is 94.8 Å². The summed E-state index contributed by atoms with van der Waals surface area (Å²) in [6.07, 6.45) is 0. The molecule has 1 aromatic heterocycles. The van der Waals surface area contributed by atoms with Gasteiger partial charge in [0.25, 0.3) is 11.6 Å². The number of hydrogen-bond acceptors (Lipinski definition) is 7. The number of carbonyl (C=O) groups excluding carboxylic acids is 1. The van der Waals surface area contributed by atoms with E-state index in [2.05, 4.69) is 4.98 Å². The van der Waals surface area contributed by atoms with Gasteiger partial charge in [-0.25, -0.2) is 4.98 Å². The molecule has 1 amide bonds. The van der Waals surface area contributed by atoms with Gasteiger partial charge < -0.3 is 9.47 Å². The van der Waals surface area contributed by atoms with Crippen molar-refractivity contribution in [3.63, 3.8) is 0 Å². The van der Waals surface area contributed by atoms with E-state index >= 15 is 0 Å². The third kappa shape index (κ3) is 4.68. The van der Waals surface area contributed by atoms with E-state index in [1.165, 1.54) is 40.5 Å². The molecule has 0 saturated heterocycles. The number of anilines is 2. The molecule has 0 unspecified atom stereocenters. The average molecular weight is 449 g/mol. The van der Waals surface area contributed by atoms with E-state index in [0.717, 1.165) is 10.2 Å². The largest absolute Gasteiger partial charge is 0.494 e. The van der Waals surface area contributed by atoms with Crippen LogP contribution >= 0.6 is 11.3 Å². The van der Waals surface area contributed by atoms with E-state index < -0.39 is 4.92 Å². The van der Waals surface area contributed by atoms with Crippen LogP contribution in [0.25, 0.3) is 10.2 Å². The number of amides is 1. The Morgan fingerprint density at radius 2 is 1.66 bits per heavy atom. The van der Waals surface area contributed by atoms with Gasteiger partial charge in [-0.15, -0.1) is 0 Å². The number of aromatic nitrogens is 1. The van der Waals surface area contributed by atoms with E-state index in [1.807, 2.05) is 31.2 Å². The highest BCUT2D eigenvalue weighted by Gasteiger charge is 2.22. The predicted molar refractivity (Wildman–Crippen MR) is 123 cm³/mol. The molecule has 0 spiro atoms. The molecule has 4 aromatic rings. The molecule has 3 aromatic carbocycles. The van der Waals surface area contributed by atoms with Gasteiger partial charge in [0, 0.05) is 12.1 Å². The standard InChI is InChI=1S/C23H19N3O5S/c1-2-30-18-11-7-16(8-12-18)25(23-24-20-5-3-4-6-21(20)32-23)22(27)15-31-19-13-9-17(10-14-19)26(28)29/h3-14H,2,15H2,1H3. The maximum absolute atomic E-state index is 13.2. The van der Waals surface area contributed by atoms with E-state index in [1.54, 1.807) is 24.3 Å². The highest BCUT2D eigenvalue weighted by molar-refractivity contribution is 7.22. The fourth-order valence-electron chi connectivity index (χ4n) is 3.05.